The van der Waals surface area contributed by atoms with Gasteiger partial charge in [0.05, 0.1) is 16.7 Å². The summed E-state index contributed by atoms with van der Waals surface area (Å²) in [4.78, 5) is 10.1. The fourth-order valence-electron chi connectivity index (χ4n) is 2.16. The standard InChI is InChI=1S/C16H15ClF2N2O4/c1-16(22,10-3-2-4-11(17)7-10)9-20-13-6-5-12(21(23)24)8-14(13)25-15(18)19/h2-8,15,20,22H,9H2,1H3. The molecule has 0 heterocycles. The van der Waals surface area contributed by atoms with Gasteiger partial charge in [-0.15, -0.1) is 0 Å². The average Bonchev–Trinajstić information content (AvgIpc) is 2.53. The summed E-state index contributed by atoms with van der Waals surface area (Å²) < 4.78 is 29.4. The van der Waals surface area contributed by atoms with E-state index in [1.165, 1.54) is 13.0 Å². The van der Waals surface area contributed by atoms with Gasteiger partial charge in [0.1, 0.15) is 5.60 Å². The van der Waals surface area contributed by atoms with Gasteiger partial charge in [-0.3, -0.25) is 10.1 Å². The maximum Gasteiger partial charge on any atom is 0.387 e. The van der Waals surface area contributed by atoms with Crippen molar-refractivity contribution < 1.29 is 23.5 Å². The number of hydrogen-bond acceptors (Lipinski definition) is 5. The van der Waals surface area contributed by atoms with E-state index >= 15 is 0 Å². The topological polar surface area (TPSA) is 84.6 Å². The van der Waals surface area contributed by atoms with Gasteiger partial charge in [0.2, 0.25) is 0 Å². The van der Waals surface area contributed by atoms with Gasteiger partial charge in [-0.1, -0.05) is 23.7 Å². The molecule has 2 aromatic rings. The zero-order valence-corrected chi connectivity index (χ0v) is 13.8. The zero-order chi connectivity index (χ0) is 18.6. The van der Waals surface area contributed by atoms with Crippen LogP contribution in [0.25, 0.3) is 0 Å². The fraction of sp³-hybridized carbons (Fsp3) is 0.250. The Morgan fingerprint density at radius 3 is 2.68 bits per heavy atom. The maximum atomic E-state index is 12.5. The lowest BCUT2D eigenvalue weighted by molar-refractivity contribution is -0.385. The van der Waals surface area contributed by atoms with Crippen molar-refractivity contribution >= 4 is 23.0 Å². The number of nitro groups is 1. The van der Waals surface area contributed by atoms with Crippen LogP contribution < -0.4 is 10.1 Å². The highest BCUT2D eigenvalue weighted by Crippen LogP contribution is 2.32. The molecule has 0 saturated heterocycles. The number of non-ortho nitro benzene ring substituents is 1. The molecule has 0 fully saturated rings. The van der Waals surface area contributed by atoms with E-state index in [2.05, 4.69) is 10.1 Å². The van der Waals surface area contributed by atoms with Crippen LogP contribution in [0, 0.1) is 10.1 Å². The zero-order valence-electron chi connectivity index (χ0n) is 13.1. The van der Waals surface area contributed by atoms with Crippen LogP contribution in [0.15, 0.2) is 42.5 Å². The smallest absolute Gasteiger partial charge is 0.387 e. The molecule has 2 N–H and O–H groups in total. The summed E-state index contributed by atoms with van der Waals surface area (Å²) in [5, 5.41) is 24.6. The first kappa shape index (κ1) is 18.9. The van der Waals surface area contributed by atoms with Crippen LogP contribution in [0.5, 0.6) is 5.75 Å². The van der Waals surface area contributed by atoms with E-state index in [1.54, 1.807) is 24.3 Å². The average molecular weight is 373 g/mol. The van der Waals surface area contributed by atoms with Crippen molar-refractivity contribution in [1.29, 1.82) is 0 Å². The molecule has 0 radical (unpaired) electrons. The molecule has 2 rings (SSSR count). The number of ether oxygens (including phenoxy) is 1. The van der Waals surface area contributed by atoms with Gasteiger partial charge in [0.15, 0.2) is 5.75 Å². The molecule has 2 aromatic carbocycles. The van der Waals surface area contributed by atoms with Crippen molar-refractivity contribution in [1.82, 2.24) is 0 Å². The highest BCUT2D eigenvalue weighted by Gasteiger charge is 2.24. The molecule has 9 heteroatoms. The highest BCUT2D eigenvalue weighted by molar-refractivity contribution is 6.30. The third-order valence-electron chi connectivity index (χ3n) is 3.46. The Labute approximate surface area is 147 Å². The molecule has 0 aromatic heterocycles. The minimum Gasteiger partial charge on any atom is -0.432 e. The number of aliphatic hydroxyl groups is 1. The number of nitrogens with one attached hydrogen (secondary N) is 1. The van der Waals surface area contributed by atoms with Gasteiger partial charge < -0.3 is 15.2 Å². The lowest BCUT2D eigenvalue weighted by Gasteiger charge is -2.25. The molecule has 0 amide bonds. The van der Waals surface area contributed by atoms with Crippen molar-refractivity contribution in [3.8, 4) is 5.75 Å². The first-order valence-corrected chi connectivity index (χ1v) is 7.52. The molecular weight excluding hydrogens is 358 g/mol. The number of rotatable bonds is 7. The highest BCUT2D eigenvalue weighted by atomic mass is 35.5. The molecule has 0 spiro atoms. The SMILES string of the molecule is CC(O)(CNc1ccc([N+](=O)[O-])cc1OC(F)F)c1cccc(Cl)c1. The fourth-order valence-corrected chi connectivity index (χ4v) is 2.35. The van der Waals surface area contributed by atoms with Gasteiger partial charge in [-0.2, -0.15) is 8.78 Å². The van der Waals surface area contributed by atoms with Crippen LogP contribution in [0.1, 0.15) is 12.5 Å². The quantitative estimate of drug-likeness (QED) is 0.563. The third kappa shape index (κ3) is 5.01. The minimum absolute atomic E-state index is 0.0647. The normalized spacial score (nSPS) is 13.4. The van der Waals surface area contributed by atoms with E-state index in [-0.39, 0.29) is 23.7 Å². The van der Waals surface area contributed by atoms with Crippen molar-refractivity contribution in [2.45, 2.75) is 19.1 Å². The monoisotopic (exact) mass is 372 g/mol. The lowest BCUT2D eigenvalue weighted by Crippen LogP contribution is -2.30. The van der Waals surface area contributed by atoms with E-state index < -0.39 is 17.1 Å². The molecule has 0 aliphatic rings. The second-order valence-corrected chi connectivity index (χ2v) is 5.89. The van der Waals surface area contributed by atoms with Crippen LogP contribution in [0.3, 0.4) is 0 Å². The summed E-state index contributed by atoms with van der Waals surface area (Å²) >= 11 is 5.90. The molecule has 6 nitrogen and oxygen atoms in total. The number of alkyl halides is 2. The number of nitro benzene ring substituents is 1. The number of halogens is 3. The van der Waals surface area contributed by atoms with E-state index in [0.717, 1.165) is 12.1 Å². The van der Waals surface area contributed by atoms with Crippen molar-refractivity contribution in [3.63, 3.8) is 0 Å². The largest absolute Gasteiger partial charge is 0.432 e. The van der Waals surface area contributed by atoms with Crippen LogP contribution in [0.2, 0.25) is 5.02 Å². The first-order valence-electron chi connectivity index (χ1n) is 7.14. The summed E-state index contributed by atoms with van der Waals surface area (Å²) in [6.07, 6.45) is 0. The first-order chi connectivity index (χ1) is 11.7. The lowest BCUT2D eigenvalue weighted by atomic mass is 9.96. The summed E-state index contributed by atoms with van der Waals surface area (Å²) in [6, 6.07) is 9.85. The maximum absolute atomic E-state index is 12.5. The van der Waals surface area contributed by atoms with Crippen LogP contribution in [-0.4, -0.2) is 23.2 Å². The number of hydrogen-bond donors (Lipinski definition) is 2. The number of nitrogens with zero attached hydrogens (tertiary/aromatic N) is 1. The Kier molecular flexibility index (Phi) is 5.76. The van der Waals surface area contributed by atoms with Gasteiger partial charge in [0, 0.05) is 17.6 Å². The minimum atomic E-state index is -3.14. The second-order valence-electron chi connectivity index (χ2n) is 5.45. The molecule has 25 heavy (non-hydrogen) atoms. The molecule has 0 saturated carbocycles. The van der Waals surface area contributed by atoms with Gasteiger partial charge in [-0.05, 0) is 30.7 Å². The van der Waals surface area contributed by atoms with Gasteiger partial charge in [0.25, 0.3) is 5.69 Å². The summed E-state index contributed by atoms with van der Waals surface area (Å²) in [6.45, 7) is -1.69. The number of anilines is 1. The molecule has 0 aliphatic heterocycles. The second kappa shape index (κ2) is 7.62. The Morgan fingerprint density at radius 1 is 1.36 bits per heavy atom. The Morgan fingerprint density at radius 2 is 2.08 bits per heavy atom. The van der Waals surface area contributed by atoms with E-state index in [4.69, 9.17) is 11.6 Å². The Hall–Kier alpha value is -2.45. The van der Waals surface area contributed by atoms with Gasteiger partial charge >= 0.3 is 6.61 Å². The summed E-state index contributed by atoms with van der Waals surface area (Å²) in [5.74, 6) is -0.383. The molecule has 1 unspecified atom stereocenters. The molecule has 1 atom stereocenters. The molecular formula is C16H15ClF2N2O4. The van der Waals surface area contributed by atoms with E-state index in [9.17, 15) is 24.0 Å². The van der Waals surface area contributed by atoms with Crippen molar-refractivity contribution in [2.24, 2.45) is 0 Å². The van der Waals surface area contributed by atoms with Crippen LogP contribution in [-0.2, 0) is 5.60 Å². The van der Waals surface area contributed by atoms with Gasteiger partial charge in [-0.25, -0.2) is 0 Å². The Bertz CT molecular complexity index is 772. The summed E-state index contributed by atoms with van der Waals surface area (Å²) in [5.41, 5.74) is -1.14. The van der Waals surface area contributed by atoms with Crippen molar-refractivity contribution in [2.75, 3.05) is 11.9 Å². The molecule has 0 aliphatic carbocycles. The van der Waals surface area contributed by atoms with E-state index in [0.29, 0.717) is 10.6 Å². The third-order valence-corrected chi connectivity index (χ3v) is 3.70. The van der Waals surface area contributed by atoms with Crippen LogP contribution >= 0.6 is 11.6 Å². The summed E-state index contributed by atoms with van der Waals surface area (Å²) in [7, 11) is 0. The van der Waals surface area contributed by atoms with Crippen LogP contribution in [0.4, 0.5) is 20.2 Å². The van der Waals surface area contributed by atoms with Crippen molar-refractivity contribution in [3.05, 3.63) is 63.2 Å². The Balaban J connectivity index is 2.22. The predicted molar refractivity (Wildman–Crippen MR) is 89.2 cm³/mol. The molecule has 134 valence electrons. The number of benzene rings is 2. The molecule has 0 bridgehead atoms. The van der Waals surface area contributed by atoms with E-state index in [1.807, 2.05) is 0 Å². The predicted octanol–water partition coefficient (Wildman–Crippen LogP) is 4.17.